The summed E-state index contributed by atoms with van der Waals surface area (Å²) in [6.45, 7) is 7.67. The van der Waals surface area contributed by atoms with Crippen molar-refractivity contribution < 1.29 is 45.0 Å². The molecule has 3 heterocycles. The number of H-pyrrole nitrogens is 1. The number of ketones is 1. The predicted octanol–water partition coefficient (Wildman–Crippen LogP) is 2.95. The standard InChI is InChI=1S/C34H32N4O5.Na.H/c1-5-8-28-26(17-21-11-13-22(14-12-21)24-9-6-7-10-25(24)31-36-33(41)43-37-31)32(40)38(20(2)35-28)23-15-16-30-27(18-23)29(39)19-34(3,4)42-30;;/h6-7,9-16,18H,5,8,17,19H2,1-4H3,(H,36,37,41);;/q;+1;-1. The van der Waals surface area contributed by atoms with Gasteiger partial charge in [0.1, 0.15) is 17.2 Å². The molecule has 10 heteroatoms. The number of aryl methyl sites for hydroxylation is 2. The topological polar surface area (TPSA) is 120 Å². The third-order valence-corrected chi connectivity index (χ3v) is 7.68. The normalized spacial score (nSPS) is 13.6. The van der Waals surface area contributed by atoms with Gasteiger partial charge in [-0.25, -0.2) is 9.78 Å². The van der Waals surface area contributed by atoms with E-state index in [1.54, 1.807) is 22.8 Å². The fourth-order valence-corrected chi connectivity index (χ4v) is 5.72. The van der Waals surface area contributed by atoms with Gasteiger partial charge in [-0.15, -0.1) is 0 Å². The summed E-state index contributed by atoms with van der Waals surface area (Å²) >= 11 is 0. The Hall–Kier alpha value is -4.05. The number of hydrogen-bond donors (Lipinski definition) is 1. The van der Waals surface area contributed by atoms with Crippen molar-refractivity contribution in [3.05, 3.63) is 116 Å². The fourth-order valence-electron chi connectivity index (χ4n) is 5.72. The van der Waals surface area contributed by atoms with Gasteiger partial charge in [0, 0.05) is 17.5 Å². The molecule has 0 unspecified atom stereocenters. The van der Waals surface area contributed by atoms with Crippen LogP contribution in [0, 0.1) is 6.92 Å². The van der Waals surface area contributed by atoms with Crippen LogP contribution in [0.15, 0.2) is 80.8 Å². The van der Waals surface area contributed by atoms with Crippen molar-refractivity contribution in [3.63, 3.8) is 0 Å². The van der Waals surface area contributed by atoms with Crippen LogP contribution < -0.4 is 45.6 Å². The molecule has 3 aromatic carbocycles. The van der Waals surface area contributed by atoms with Crippen molar-refractivity contribution >= 4 is 5.78 Å². The van der Waals surface area contributed by atoms with E-state index >= 15 is 0 Å². The number of nitrogens with one attached hydrogen (secondary N) is 1. The summed E-state index contributed by atoms with van der Waals surface area (Å²) in [5.74, 6) is 0.840. The Kier molecular flexibility index (Phi) is 8.92. The summed E-state index contributed by atoms with van der Waals surface area (Å²) in [7, 11) is 0. The van der Waals surface area contributed by atoms with Crippen molar-refractivity contribution in [2.24, 2.45) is 0 Å². The van der Waals surface area contributed by atoms with Crippen molar-refractivity contribution in [1.29, 1.82) is 0 Å². The number of aromatic nitrogens is 4. The zero-order valence-corrected chi connectivity index (χ0v) is 27.6. The number of carbonyl (C=O) groups excluding carboxylic acids is 1. The average Bonchev–Trinajstić information content (AvgIpc) is 3.41. The van der Waals surface area contributed by atoms with E-state index in [9.17, 15) is 14.4 Å². The minimum Gasteiger partial charge on any atom is -1.00 e. The van der Waals surface area contributed by atoms with Gasteiger partial charge in [-0.2, -0.15) is 0 Å². The molecular formula is C34H33N4NaO5. The molecule has 6 rings (SSSR count). The van der Waals surface area contributed by atoms with E-state index in [0.717, 1.165) is 34.4 Å². The van der Waals surface area contributed by atoms with Crippen LogP contribution in [-0.2, 0) is 12.8 Å². The first kappa shape index (κ1) is 31.4. The number of benzene rings is 3. The summed E-state index contributed by atoms with van der Waals surface area (Å²) < 4.78 is 12.3. The second-order valence-electron chi connectivity index (χ2n) is 11.5. The van der Waals surface area contributed by atoms with Crippen LogP contribution >= 0.6 is 0 Å². The molecule has 0 radical (unpaired) electrons. The van der Waals surface area contributed by atoms with E-state index in [2.05, 4.69) is 17.1 Å². The van der Waals surface area contributed by atoms with Crippen molar-refractivity contribution in [2.45, 2.75) is 59.0 Å². The Morgan fingerprint density at radius 1 is 0.977 bits per heavy atom. The zero-order valence-electron chi connectivity index (χ0n) is 26.6. The van der Waals surface area contributed by atoms with Crippen LogP contribution in [0.25, 0.3) is 28.2 Å². The van der Waals surface area contributed by atoms with Crippen molar-refractivity contribution in [3.8, 4) is 34.0 Å². The quantitative estimate of drug-likeness (QED) is 0.285. The third-order valence-electron chi connectivity index (χ3n) is 7.68. The van der Waals surface area contributed by atoms with Gasteiger partial charge in [-0.1, -0.05) is 67.0 Å². The third kappa shape index (κ3) is 6.13. The van der Waals surface area contributed by atoms with Crippen molar-refractivity contribution in [2.75, 3.05) is 0 Å². The summed E-state index contributed by atoms with van der Waals surface area (Å²) in [4.78, 5) is 46.0. The maximum atomic E-state index is 14.1. The minimum atomic E-state index is -0.611. The molecule has 0 bridgehead atoms. The average molecular weight is 601 g/mol. The van der Waals surface area contributed by atoms with Gasteiger partial charge < -0.3 is 6.16 Å². The van der Waals surface area contributed by atoms with Gasteiger partial charge in [0.15, 0.2) is 11.6 Å². The Morgan fingerprint density at radius 3 is 2.39 bits per heavy atom. The van der Waals surface area contributed by atoms with Crippen LogP contribution in [-0.4, -0.2) is 31.1 Å². The minimum absolute atomic E-state index is 0. The van der Waals surface area contributed by atoms with Crippen LogP contribution in [0.2, 0.25) is 0 Å². The van der Waals surface area contributed by atoms with Crippen LogP contribution in [0.4, 0.5) is 0 Å². The van der Waals surface area contributed by atoms with Gasteiger partial charge in [-0.05, 0) is 62.1 Å². The first-order valence-electron chi connectivity index (χ1n) is 14.4. The molecule has 1 aliphatic rings. The van der Waals surface area contributed by atoms with Crippen LogP contribution in [0.5, 0.6) is 5.75 Å². The van der Waals surface area contributed by atoms with Gasteiger partial charge in [-0.3, -0.25) is 23.7 Å². The zero-order chi connectivity index (χ0) is 30.3. The number of rotatable bonds is 7. The van der Waals surface area contributed by atoms with E-state index in [-0.39, 0.29) is 48.7 Å². The molecule has 44 heavy (non-hydrogen) atoms. The first-order valence-corrected chi connectivity index (χ1v) is 14.4. The molecule has 0 aliphatic carbocycles. The largest absolute Gasteiger partial charge is 1.00 e. The smallest absolute Gasteiger partial charge is 1.00 e. The molecular weight excluding hydrogens is 567 g/mol. The molecule has 2 aromatic heterocycles. The monoisotopic (exact) mass is 600 g/mol. The van der Waals surface area contributed by atoms with Gasteiger partial charge in [0.25, 0.3) is 5.56 Å². The second-order valence-corrected chi connectivity index (χ2v) is 11.5. The maximum absolute atomic E-state index is 14.1. The number of hydrogen-bond acceptors (Lipinski definition) is 7. The number of fused-ring (bicyclic) bond motifs is 1. The first-order chi connectivity index (χ1) is 20.6. The van der Waals surface area contributed by atoms with Gasteiger partial charge in [0.05, 0.1) is 23.4 Å². The number of ether oxygens (including phenoxy) is 1. The molecule has 0 fully saturated rings. The molecule has 0 spiro atoms. The Morgan fingerprint density at radius 2 is 1.70 bits per heavy atom. The maximum Gasteiger partial charge on any atom is 1.00 e. The molecule has 0 atom stereocenters. The Bertz CT molecular complexity index is 1980. The van der Waals surface area contributed by atoms with Gasteiger partial charge in [0.2, 0.25) is 0 Å². The van der Waals surface area contributed by atoms with E-state index in [1.807, 2.05) is 69.3 Å². The predicted molar refractivity (Wildman–Crippen MR) is 164 cm³/mol. The summed E-state index contributed by atoms with van der Waals surface area (Å²) in [5, 5.41) is 3.84. The van der Waals surface area contributed by atoms with E-state index in [0.29, 0.717) is 47.1 Å². The SMILES string of the molecule is CCCc1nc(C)n(-c2ccc3c(c2)C(=O)CC(C)(C)O3)c(=O)c1Cc1ccc(-c2ccccc2-c2noc(=O)[nH]2)cc1.[H-].[Na+]. The Labute approximate surface area is 278 Å². The number of aromatic amines is 1. The van der Waals surface area contributed by atoms with Crippen LogP contribution in [0.1, 0.15) is 68.0 Å². The molecule has 9 nitrogen and oxygen atoms in total. The second kappa shape index (κ2) is 12.5. The number of carbonyl (C=O) groups is 1. The number of Topliss-reactive ketones (excluding diaryl/α,β-unsaturated/α-hetero) is 1. The molecule has 0 saturated heterocycles. The molecule has 1 aliphatic heterocycles. The molecule has 220 valence electrons. The van der Waals surface area contributed by atoms with E-state index < -0.39 is 11.4 Å². The molecule has 0 saturated carbocycles. The fraction of sp³-hybridized carbons (Fsp3) is 0.265. The molecule has 1 N–H and O–H groups in total. The van der Waals surface area contributed by atoms with E-state index in [4.69, 9.17) is 14.2 Å². The summed E-state index contributed by atoms with van der Waals surface area (Å²) in [6.07, 6.45) is 2.21. The van der Waals surface area contributed by atoms with Crippen molar-refractivity contribution in [1.82, 2.24) is 19.7 Å². The molecule has 5 aromatic rings. The summed E-state index contributed by atoms with van der Waals surface area (Å²) in [6, 6.07) is 20.9. The summed E-state index contributed by atoms with van der Waals surface area (Å²) in [5.41, 5.74) is 5.28. The van der Waals surface area contributed by atoms with E-state index in [1.165, 1.54) is 0 Å². The Balaban J connectivity index is 0.00000230. The van der Waals surface area contributed by atoms with Gasteiger partial charge >= 0.3 is 35.3 Å². The van der Waals surface area contributed by atoms with Crippen LogP contribution in [0.3, 0.4) is 0 Å². The molecule has 0 amide bonds. The number of nitrogens with zero attached hydrogens (tertiary/aromatic N) is 3.